The van der Waals surface area contributed by atoms with Gasteiger partial charge in [-0.05, 0) is 43.0 Å². The molecule has 4 nitrogen and oxygen atoms in total. The van der Waals surface area contributed by atoms with Gasteiger partial charge in [0.05, 0.1) is 5.02 Å². The minimum absolute atomic E-state index is 0.199. The van der Waals surface area contributed by atoms with Gasteiger partial charge in [0.2, 0.25) is 6.79 Å². The lowest BCUT2D eigenvalue weighted by atomic mass is 9.96. The number of hydrogen-bond donors (Lipinski definition) is 1. The SMILES string of the molecule is CC1CCCN(C(CN)c2cc(Cl)c3c(c2)OCO3)C1. The summed E-state index contributed by atoms with van der Waals surface area (Å²) in [6, 6.07) is 4.18. The van der Waals surface area contributed by atoms with Crippen molar-refractivity contribution in [3.8, 4) is 11.5 Å². The molecule has 3 rings (SSSR count). The van der Waals surface area contributed by atoms with Crippen molar-refractivity contribution in [1.29, 1.82) is 0 Å². The minimum atomic E-state index is 0.199. The number of likely N-dealkylation sites (tertiary alicyclic amines) is 1. The molecule has 0 amide bonds. The topological polar surface area (TPSA) is 47.7 Å². The van der Waals surface area contributed by atoms with Crippen molar-refractivity contribution in [1.82, 2.24) is 4.90 Å². The van der Waals surface area contributed by atoms with Gasteiger partial charge >= 0.3 is 0 Å². The average molecular weight is 297 g/mol. The van der Waals surface area contributed by atoms with Crippen LogP contribution < -0.4 is 15.2 Å². The highest BCUT2D eigenvalue weighted by Crippen LogP contribution is 2.42. The van der Waals surface area contributed by atoms with Crippen LogP contribution >= 0.6 is 11.6 Å². The van der Waals surface area contributed by atoms with E-state index in [4.69, 9.17) is 26.8 Å². The number of rotatable bonds is 3. The summed E-state index contributed by atoms with van der Waals surface area (Å²) in [7, 11) is 0. The van der Waals surface area contributed by atoms with E-state index in [1.807, 2.05) is 12.1 Å². The standard InChI is InChI=1S/C15H21ClN2O2/c1-10-3-2-4-18(8-10)13(7-17)11-5-12(16)15-14(6-11)19-9-20-15/h5-6,10,13H,2-4,7-9,17H2,1H3. The number of piperidine rings is 1. The molecular weight excluding hydrogens is 276 g/mol. The van der Waals surface area contributed by atoms with E-state index in [1.54, 1.807) is 0 Å². The first kappa shape index (κ1) is 14.0. The average Bonchev–Trinajstić information content (AvgIpc) is 2.88. The van der Waals surface area contributed by atoms with E-state index in [2.05, 4.69) is 11.8 Å². The zero-order chi connectivity index (χ0) is 14.1. The summed E-state index contributed by atoms with van der Waals surface area (Å²) < 4.78 is 10.8. The van der Waals surface area contributed by atoms with E-state index in [1.165, 1.54) is 12.8 Å². The molecule has 0 saturated carbocycles. The third-order valence-corrected chi connectivity index (χ3v) is 4.47. The van der Waals surface area contributed by atoms with Crippen molar-refractivity contribution in [2.75, 3.05) is 26.4 Å². The summed E-state index contributed by atoms with van der Waals surface area (Å²) in [5.74, 6) is 2.11. The van der Waals surface area contributed by atoms with Crippen molar-refractivity contribution in [3.63, 3.8) is 0 Å². The molecule has 1 fully saturated rings. The molecule has 1 saturated heterocycles. The van der Waals surface area contributed by atoms with Crippen LogP contribution in [0.5, 0.6) is 11.5 Å². The fourth-order valence-electron chi connectivity index (χ4n) is 3.18. The molecular formula is C15H21ClN2O2. The Labute approximate surface area is 124 Å². The number of nitrogens with zero attached hydrogens (tertiary/aromatic N) is 1. The lowest BCUT2D eigenvalue weighted by Crippen LogP contribution is -2.40. The van der Waals surface area contributed by atoms with Crippen molar-refractivity contribution < 1.29 is 9.47 Å². The third-order valence-electron chi connectivity index (χ3n) is 4.19. The van der Waals surface area contributed by atoms with Crippen molar-refractivity contribution in [2.24, 2.45) is 11.7 Å². The van der Waals surface area contributed by atoms with Crippen molar-refractivity contribution in [3.05, 3.63) is 22.7 Å². The van der Waals surface area contributed by atoms with Crippen LogP contribution in [0.4, 0.5) is 0 Å². The summed E-state index contributed by atoms with van der Waals surface area (Å²) in [6.07, 6.45) is 2.53. The molecule has 20 heavy (non-hydrogen) atoms. The predicted molar refractivity (Wildman–Crippen MR) is 79.3 cm³/mol. The monoisotopic (exact) mass is 296 g/mol. The minimum Gasteiger partial charge on any atom is -0.454 e. The zero-order valence-electron chi connectivity index (χ0n) is 11.8. The Morgan fingerprint density at radius 2 is 2.30 bits per heavy atom. The number of halogens is 1. The first-order valence-electron chi connectivity index (χ1n) is 7.22. The third kappa shape index (κ3) is 2.60. The van der Waals surface area contributed by atoms with Gasteiger partial charge in [0.25, 0.3) is 0 Å². The molecule has 2 aliphatic heterocycles. The van der Waals surface area contributed by atoms with E-state index in [0.717, 1.165) is 30.3 Å². The molecule has 2 N–H and O–H groups in total. The molecule has 1 aromatic rings. The lowest BCUT2D eigenvalue weighted by molar-refractivity contribution is 0.133. The highest BCUT2D eigenvalue weighted by Gasteiger charge is 2.27. The van der Waals surface area contributed by atoms with Gasteiger partial charge in [-0.15, -0.1) is 0 Å². The fraction of sp³-hybridized carbons (Fsp3) is 0.600. The van der Waals surface area contributed by atoms with E-state index < -0.39 is 0 Å². The second-order valence-corrected chi connectivity index (χ2v) is 6.14. The summed E-state index contributed by atoms with van der Waals surface area (Å²) in [4.78, 5) is 2.46. The van der Waals surface area contributed by atoms with Crippen LogP contribution in [-0.2, 0) is 0 Å². The van der Waals surface area contributed by atoms with Crippen LogP contribution in [-0.4, -0.2) is 31.3 Å². The van der Waals surface area contributed by atoms with Gasteiger partial charge in [0, 0.05) is 19.1 Å². The normalized spacial score (nSPS) is 23.9. The smallest absolute Gasteiger partial charge is 0.231 e. The summed E-state index contributed by atoms with van der Waals surface area (Å²) in [5.41, 5.74) is 7.14. The van der Waals surface area contributed by atoms with Crippen LogP contribution in [0, 0.1) is 5.92 Å². The number of nitrogens with two attached hydrogens (primary N) is 1. The van der Waals surface area contributed by atoms with Gasteiger partial charge in [-0.25, -0.2) is 0 Å². The Morgan fingerprint density at radius 1 is 1.45 bits per heavy atom. The van der Waals surface area contributed by atoms with Gasteiger partial charge in [0.15, 0.2) is 11.5 Å². The molecule has 0 aromatic heterocycles. The molecule has 5 heteroatoms. The van der Waals surface area contributed by atoms with Gasteiger partial charge in [-0.1, -0.05) is 18.5 Å². The molecule has 0 bridgehead atoms. The van der Waals surface area contributed by atoms with Crippen LogP contribution in [0.3, 0.4) is 0 Å². The number of benzene rings is 1. The Bertz CT molecular complexity index is 495. The Balaban J connectivity index is 1.87. The Hall–Kier alpha value is -0.970. The number of hydrogen-bond acceptors (Lipinski definition) is 4. The summed E-state index contributed by atoms with van der Waals surface area (Å²) >= 11 is 6.28. The van der Waals surface area contributed by atoms with Crippen LogP contribution in [0.15, 0.2) is 12.1 Å². The predicted octanol–water partition coefficient (Wildman–Crippen LogP) is 2.80. The summed E-state index contributed by atoms with van der Waals surface area (Å²) in [5, 5.41) is 0.610. The molecule has 2 aliphatic rings. The first-order valence-corrected chi connectivity index (χ1v) is 7.60. The van der Waals surface area contributed by atoms with Crippen molar-refractivity contribution >= 4 is 11.6 Å². The van der Waals surface area contributed by atoms with Gasteiger partial charge in [-0.2, -0.15) is 0 Å². The quantitative estimate of drug-likeness (QED) is 0.932. The van der Waals surface area contributed by atoms with Crippen molar-refractivity contribution in [2.45, 2.75) is 25.8 Å². The first-order chi connectivity index (χ1) is 9.69. The molecule has 0 aliphatic carbocycles. The van der Waals surface area contributed by atoms with Crippen LogP contribution in [0.1, 0.15) is 31.4 Å². The fourth-order valence-corrected chi connectivity index (χ4v) is 3.46. The van der Waals surface area contributed by atoms with Crippen LogP contribution in [0.25, 0.3) is 0 Å². The van der Waals surface area contributed by atoms with E-state index in [9.17, 15) is 0 Å². The molecule has 2 atom stereocenters. The van der Waals surface area contributed by atoms with Gasteiger partial charge < -0.3 is 15.2 Å². The molecule has 1 aromatic carbocycles. The maximum absolute atomic E-state index is 6.28. The zero-order valence-corrected chi connectivity index (χ0v) is 12.5. The molecule has 110 valence electrons. The maximum atomic E-state index is 6.28. The number of fused-ring (bicyclic) bond motifs is 1. The van der Waals surface area contributed by atoms with E-state index >= 15 is 0 Å². The second kappa shape index (κ2) is 5.80. The van der Waals surface area contributed by atoms with E-state index in [0.29, 0.717) is 17.3 Å². The largest absolute Gasteiger partial charge is 0.454 e. The highest BCUT2D eigenvalue weighted by atomic mass is 35.5. The molecule has 2 heterocycles. The maximum Gasteiger partial charge on any atom is 0.231 e. The van der Waals surface area contributed by atoms with Crippen LogP contribution in [0.2, 0.25) is 5.02 Å². The number of ether oxygens (including phenoxy) is 2. The Morgan fingerprint density at radius 3 is 3.05 bits per heavy atom. The summed E-state index contributed by atoms with van der Waals surface area (Å²) in [6.45, 7) is 5.31. The molecule has 0 radical (unpaired) electrons. The van der Waals surface area contributed by atoms with E-state index in [-0.39, 0.29) is 12.8 Å². The van der Waals surface area contributed by atoms with Gasteiger partial charge in [0.1, 0.15) is 0 Å². The second-order valence-electron chi connectivity index (χ2n) is 5.73. The Kier molecular flexibility index (Phi) is 4.06. The molecule has 2 unspecified atom stereocenters. The highest BCUT2D eigenvalue weighted by molar-refractivity contribution is 6.32. The molecule has 0 spiro atoms. The lowest BCUT2D eigenvalue weighted by Gasteiger charge is -2.37. The van der Waals surface area contributed by atoms with Gasteiger partial charge in [-0.3, -0.25) is 4.90 Å².